The number of nitrogens with zero attached hydrogens (tertiary/aromatic N) is 1. The van der Waals surface area contributed by atoms with Crippen molar-refractivity contribution >= 4 is 15.9 Å². The number of rotatable bonds is 6. The van der Waals surface area contributed by atoms with Gasteiger partial charge in [-0.25, -0.2) is 0 Å². The van der Waals surface area contributed by atoms with Crippen molar-refractivity contribution in [3.8, 4) is 5.75 Å². The van der Waals surface area contributed by atoms with Gasteiger partial charge in [0.25, 0.3) is 0 Å². The average Bonchev–Trinajstić information content (AvgIpc) is 2.30. The fraction of sp³-hybridized carbons (Fsp3) is 0.571. The first-order valence-corrected chi connectivity index (χ1v) is 7.31. The normalized spacial score (nSPS) is 15.8. The van der Waals surface area contributed by atoms with E-state index in [-0.39, 0.29) is 0 Å². The van der Waals surface area contributed by atoms with E-state index in [1.54, 1.807) is 7.11 Å². The number of hydrogen-bond donors (Lipinski definition) is 1. The molecule has 18 heavy (non-hydrogen) atoms. The number of nitrogens with one attached hydrogen (secondary N) is 1. The number of hydrogen-bond acceptors (Lipinski definition) is 3. The third-order valence-electron chi connectivity index (χ3n) is 3.41. The molecule has 1 N–H and O–H groups in total. The van der Waals surface area contributed by atoms with Crippen molar-refractivity contribution in [2.75, 3.05) is 26.7 Å². The molecular weight excluding hydrogens is 292 g/mol. The van der Waals surface area contributed by atoms with E-state index in [1.165, 1.54) is 12.0 Å². The number of halogens is 1. The fourth-order valence-corrected chi connectivity index (χ4v) is 2.60. The van der Waals surface area contributed by atoms with Gasteiger partial charge in [0.1, 0.15) is 5.75 Å². The average molecular weight is 313 g/mol. The number of benzene rings is 1. The summed E-state index contributed by atoms with van der Waals surface area (Å²) in [5, 5.41) is 3.34. The lowest BCUT2D eigenvalue weighted by Gasteiger charge is -2.38. The molecule has 0 radical (unpaired) electrons. The van der Waals surface area contributed by atoms with E-state index in [9.17, 15) is 0 Å². The van der Waals surface area contributed by atoms with Crippen LogP contribution < -0.4 is 10.1 Å². The van der Waals surface area contributed by atoms with Crippen LogP contribution in [0, 0.1) is 0 Å². The van der Waals surface area contributed by atoms with E-state index in [0.717, 1.165) is 36.4 Å². The third kappa shape index (κ3) is 3.25. The van der Waals surface area contributed by atoms with Gasteiger partial charge in [0, 0.05) is 30.1 Å². The van der Waals surface area contributed by atoms with Crippen molar-refractivity contribution in [2.45, 2.75) is 25.9 Å². The summed E-state index contributed by atoms with van der Waals surface area (Å²) in [7, 11) is 1.71. The molecule has 0 amide bonds. The molecule has 1 aliphatic rings. The van der Waals surface area contributed by atoms with E-state index >= 15 is 0 Å². The zero-order valence-corrected chi connectivity index (χ0v) is 12.7. The van der Waals surface area contributed by atoms with E-state index in [2.05, 4.69) is 45.2 Å². The summed E-state index contributed by atoms with van der Waals surface area (Å²) >= 11 is 3.63. The van der Waals surface area contributed by atoms with Gasteiger partial charge in [-0.1, -0.05) is 22.9 Å². The zero-order chi connectivity index (χ0) is 13.0. The molecule has 3 nitrogen and oxygen atoms in total. The van der Waals surface area contributed by atoms with Crippen molar-refractivity contribution in [1.82, 2.24) is 10.2 Å². The standard InChI is InChI=1S/C14H21BrN2O/c1-3-6-17(12-8-16-9-12)10-11-7-13(18-2)4-5-14(11)15/h4-5,7,12,16H,3,6,8-10H2,1-2H3. The minimum absolute atomic E-state index is 0.683. The van der Waals surface area contributed by atoms with Crippen LogP contribution in [0.3, 0.4) is 0 Å². The van der Waals surface area contributed by atoms with Crippen LogP contribution in [0.5, 0.6) is 5.75 Å². The second-order valence-electron chi connectivity index (χ2n) is 4.74. The third-order valence-corrected chi connectivity index (χ3v) is 4.19. The molecule has 1 heterocycles. The van der Waals surface area contributed by atoms with Gasteiger partial charge in [0.15, 0.2) is 0 Å². The lowest BCUT2D eigenvalue weighted by Crippen LogP contribution is -2.57. The molecule has 0 atom stereocenters. The summed E-state index contributed by atoms with van der Waals surface area (Å²) < 4.78 is 6.46. The number of methoxy groups -OCH3 is 1. The zero-order valence-electron chi connectivity index (χ0n) is 11.1. The highest BCUT2D eigenvalue weighted by atomic mass is 79.9. The molecule has 1 saturated heterocycles. The second kappa shape index (κ2) is 6.55. The Kier molecular flexibility index (Phi) is 5.03. The van der Waals surface area contributed by atoms with E-state index in [0.29, 0.717) is 6.04 Å². The van der Waals surface area contributed by atoms with Gasteiger partial charge in [-0.2, -0.15) is 0 Å². The Morgan fingerprint density at radius 2 is 2.22 bits per heavy atom. The molecule has 100 valence electrons. The summed E-state index contributed by atoms with van der Waals surface area (Å²) in [6, 6.07) is 6.86. The van der Waals surface area contributed by atoms with Gasteiger partial charge in [0.05, 0.1) is 7.11 Å². The van der Waals surface area contributed by atoms with Crippen molar-refractivity contribution < 1.29 is 4.74 Å². The van der Waals surface area contributed by atoms with Crippen LogP contribution in [-0.2, 0) is 6.54 Å². The Hall–Kier alpha value is -0.580. The summed E-state index contributed by atoms with van der Waals surface area (Å²) in [6.45, 7) is 6.59. The Bertz CT molecular complexity index is 393. The molecule has 1 aliphatic heterocycles. The smallest absolute Gasteiger partial charge is 0.119 e. The van der Waals surface area contributed by atoms with Gasteiger partial charge in [-0.05, 0) is 36.7 Å². The highest BCUT2D eigenvalue weighted by molar-refractivity contribution is 9.10. The molecule has 1 fully saturated rings. The van der Waals surface area contributed by atoms with Gasteiger partial charge in [-0.15, -0.1) is 0 Å². The summed E-state index contributed by atoms with van der Waals surface area (Å²) in [6.07, 6.45) is 1.19. The fourth-order valence-electron chi connectivity index (χ4n) is 2.23. The maximum atomic E-state index is 5.30. The molecule has 0 aliphatic carbocycles. The first-order valence-electron chi connectivity index (χ1n) is 6.51. The Balaban J connectivity index is 2.09. The van der Waals surface area contributed by atoms with Gasteiger partial charge in [0.2, 0.25) is 0 Å². The molecule has 0 spiro atoms. The van der Waals surface area contributed by atoms with E-state index in [4.69, 9.17) is 4.74 Å². The molecule has 0 bridgehead atoms. The highest BCUT2D eigenvalue weighted by Crippen LogP contribution is 2.25. The van der Waals surface area contributed by atoms with Crippen molar-refractivity contribution in [3.63, 3.8) is 0 Å². The molecule has 0 aromatic heterocycles. The first kappa shape index (κ1) is 13.8. The van der Waals surface area contributed by atoms with Crippen LogP contribution in [-0.4, -0.2) is 37.7 Å². The topological polar surface area (TPSA) is 24.5 Å². The largest absolute Gasteiger partial charge is 0.497 e. The molecule has 1 aromatic carbocycles. The number of ether oxygens (including phenoxy) is 1. The van der Waals surface area contributed by atoms with Crippen LogP contribution in [0.2, 0.25) is 0 Å². The summed E-state index contributed by atoms with van der Waals surface area (Å²) in [5.41, 5.74) is 1.30. The monoisotopic (exact) mass is 312 g/mol. The predicted octanol–water partition coefficient (Wildman–Crippen LogP) is 2.64. The Morgan fingerprint density at radius 3 is 2.78 bits per heavy atom. The molecule has 4 heteroatoms. The van der Waals surface area contributed by atoms with Gasteiger partial charge < -0.3 is 10.1 Å². The summed E-state index contributed by atoms with van der Waals surface area (Å²) in [5.74, 6) is 0.927. The Morgan fingerprint density at radius 1 is 1.44 bits per heavy atom. The van der Waals surface area contributed by atoms with Gasteiger partial charge in [-0.3, -0.25) is 4.90 Å². The van der Waals surface area contributed by atoms with E-state index in [1.807, 2.05) is 6.07 Å². The lowest BCUT2D eigenvalue weighted by atomic mass is 10.1. The maximum absolute atomic E-state index is 5.30. The quantitative estimate of drug-likeness (QED) is 0.874. The molecule has 0 unspecified atom stereocenters. The van der Waals surface area contributed by atoms with Crippen molar-refractivity contribution in [1.29, 1.82) is 0 Å². The highest BCUT2D eigenvalue weighted by Gasteiger charge is 2.24. The molecule has 2 rings (SSSR count). The second-order valence-corrected chi connectivity index (χ2v) is 5.59. The van der Waals surface area contributed by atoms with Crippen LogP contribution in [0.15, 0.2) is 22.7 Å². The molecule has 0 saturated carbocycles. The first-order chi connectivity index (χ1) is 8.74. The van der Waals surface area contributed by atoms with Crippen LogP contribution in [0.25, 0.3) is 0 Å². The maximum Gasteiger partial charge on any atom is 0.119 e. The van der Waals surface area contributed by atoms with Crippen LogP contribution in [0.1, 0.15) is 18.9 Å². The molecular formula is C14H21BrN2O. The Labute approximate surface area is 118 Å². The van der Waals surface area contributed by atoms with Crippen molar-refractivity contribution in [3.05, 3.63) is 28.2 Å². The van der Waals surface area contributed by atoms with Gasteiger partial charge >= 0.3 is 0 Å². The lowest BCUT2D eigenvalue weighted by molar-refractivity contribution is 0.137. The SMILES string of the molecule is CCCN(Cc1cc(OC)ccc1Br)C1CNC1. The van der Waals surface area contributed by atoms with Crippen molar-refractivity contribution in [2.24, 2.45) is 0 Å². The minimum atomic E-state index is 0.683. The van der Waals surface area contributed by atoms with Crippen LogP contribution >= 0.6 is 15.9 Å². The van der Waals surface area contributed by atoms with E-state index < -0.39 is 0 Å². The predicted molar refractivity (Wildman–Crippen MR) is 78.1 cm³/mol. The summed E-state index contributed by atoms with van der Waals surface area (Å²) in [4.78, 5) is 2.55. The minimum Gasteiger partial charge on any atom is -0.497 e. The molecule has 1 aromatic rings. The van der Waals surface area contributed by atoms with Crippen LogP contribution in [0.4, 0.5) is 0 Å².